The molecular formula is C15H11ClF2N2. The molecule has 0 saturated carbocycles. The van der Waals surface area contributed by atoms with E-state index in [1.54, 1.807) is 0 Å². The minimum Gasteiger partial charge on any atom is -0.290 e. The van der Waals surface area contributed by atoms with Gasteiger partial charge in [0.1, 0.15) is 23.1 Å². The van der Waals surface area contributed by atoms with Crippen molar-refractivity contribution in [3.05, 3.63) is 59.4 Å². The fourth-order valence-corrected chi connectivity index (χ4v) is 2.46. The standard InChI is InChI=1S/C15H11ClF2N2/c1-9-5-6-12-13(7-9)20(14(8-16)19-12)15-10(17)3-2-4-11(15)18/h2-7H,8H2,1H3. The van der Waals surface area contributed by atoms with E-state index in [2.05, 4.69) is 4.98 Å². The van der Waals surface area contributed by atoms with Gasteiger partial charge >= 0.3 is 0 Å². The number of rotatable bonds is 2. The molecule has 20 heavy (non-hydrogen) atoms. The summed E-state index contributed by atoms with van der Waals surface area (Å²) in [6.45, 7) is 1.91. The lowest BCUT2D eigenvalue weighted by molar-refractivity contribution is 0.569. The average molecular weight is 293 g/mol. The van der Waals surface area contributed by atoms with Gasteiger partial charge in [-0.05, 0) is 36.8 Å². The van der Waals surface area contributed by atoms with E-state index in [0.717, 1.165) is 5.56 Å². The Bertz CT molecular complexity index is 776. The van der Waals surface area contributed by atoms with Crippen LogP contribution in [0.4, 0.5) is 8.78 Å². The maximum Gasteiger partial charge on any atom is 0.150 e. The number of nitrogens with zero attached hydrogens (tertiary/aromatic N) is 2. The average Bonchev–Trinajstić information content (AvgIpc) is 2.77. The molecule has 0 unspecified atom stereocenters. The molecule has 2 nitrogen and oxygen atoms in total. The third-order valence-corrected chi connectivity index (χ3v) is 3.40. The van der Waals surface area contributed by atoms with Crippen molar-refractivity contribution in [2.45, 2.75) is 12.8 Å². The Balaban J connectivity index is 2.42. The van der Waals surface area contributed by atoms with Crippen molar-refractivity contribution >= 4 is 22.6 Å². The Morgan fingerprint density at radius 3 is 2.50 bits per heavy atom. The largest absolute Gasteiger partial charge is 0.290 e. The van der Waals surface area contributed by atoms with Gasteiger partial charge in [0, 0.05) is 0 Å². The molecule has 0 amide bonds. The highest BCUT2D eigenvalue weighted by Crippen LogP contribution is 2.27. The van der Waals surface area contributed by atoms with E-state index in [9.17, 15) is 8.78 Å². The zero-order valence-electron chi connectivity index (χ0n) is 10.7. The van der Waals surface area contributed by atoms with Gasteiger partial charge in [0.25, 0.3) is 0 Å². The topological polar surface area (TPSA) is 17.8 Å². The van der Waals surface area contributed by atoms with Crippen LogP contribution < -0.4 is 0 Å². The molecule has 0 aliphatic carbocycles. The lowest BCUT2D eigenvalue weighted by Crippen LogP contribution is -2.05. The lowest BCUT2D eigenvalue weighted by Gasteiger charge is -2.10. The first kappa shape index (κ1) is 13.1. The highest BCUT2D eigenvalue weighted by Gasteiger charge is 2.18. The summed E-state index contributed by atoms with van der Waals surface area (Å²) in [5.74, 6) is -0.799. The van der Waals surface area contributed by atoms with Crippen LogP contribution in [0.1, 0.15) is 11.4 Å². The number of halogens is 3. The second-order valence-corrected chi connectivity index (χ2v) is 4.83. The molecule has 2 aromatic carbocycles. The van der Waals surface area contributed by atoms with Crippen molar-refractivity contribution in [2.24, 2.45) is 0 Å². The van der Waals surface area contributed by atoms with E-state index in [1.165, 1.54) is 22.8 Å². The van der Waals surface area contributed by atoms with Gasteiger partial charge in [0.05, 0.1) is 16.9 Å². The van der Waals surface area contributed by atoms with Gasteiger partial charge in [-0.15, -0.1) is 11.6 Å². The molecule has 0 radical (unpaired) electrons. The van der Waals surface area contributed by atoms with E-state index in [4.69, 9.17) is 11.6 Å². The number of imidazole rings is 1. The molecule has 1 heterocycles. The number of hydrogen-bond donors (Lipinski definition) is 0. The Morgan fingerprint density at radius 1 is 1.15 bits per heavy atom. The van der Waals surface area contributed by atoms with Crippen molar-refractivity contribution in [3.63, 3.8) is 0 Å². The summed E-state index contributed by atoms with van der Waals surface area (Å²) >= 11 is 5.87. The molecule has 0 fully saturated rings. The third-order valence-electron chi connectivity index (χ3n) is 3.16. The van der Waals surface area contributed by atoms with Gasteiger partial charge in [-0.1, -0.05) is 12.1 Å². The smallest absolute Gasteiger partial charge is 0.150 e. The van der Waals surface area contributed by atoms with Crippen molar-refractivity contribution in [2.75, 3.05) is 0 Å². The molecule has 0 aliphatic heterocycles. The van der Waals surface area contributed by atoms with Crippen molar-refractivity contribution in [3.8, 4) is 5.69 Å². The summed E-state index contributed by atoms with van der Waals surface area (Å²) in [6, 6.07) is 9.32. The molecule has 0 N–H and O–H groups in total. The fraction of sp³-hybridized carbons (Fsp3) is 0.133. The Labute approximate surface area is 119 Å². The maximum absolute atomic E-state index is 14.0. The van der Waals surface area contributed by atoms with Gasteiger partial charge in [-0.3, -0.25) is 4.57 Å². The summed E-state index contributed by atoms with van der Waals surface area (Å²) < 4.78 is 29.5. The second kappa shape index (κ2) is 4.87. The number of alkyl halides is 1. The monoisotopic (exact) mass is 292 g/mol. The van der Waals surface area contributed by atoms with Crippen LogP contribution in [0.5, 0.6) is 0 Å². The van der Waals surface area contributed by atoms with E-state index >= 15 is 0 Å². The first-order valence-electron chi connectivity index (χ1n) is 6.10. The molecule has 0 spiro atoms. The van der Waals surface area contributed by atoms with Crippen LogP contribution in [0.3, 0.4) is 0 Å². The van der Waals surface area contributed by atoms with Gasteiger partial charge in [0.15, 0.2) is 0 Å². The highest BCUT2D eigenvalue weighted by atomic mass is 35.5. The molecule has 0 bridgehead atoms. The SMILES string of the molecule is Cc1ccc2nc(CCl)n(-c3c(F)cccc3F)c2c1. The van der Waals surface area contributed by atoms with Gasteiger partial charge < -0.3 is 0 Å². The zero-order chi connectivity index (χ0) is 14.3. The lowest BCUT2D eigenvalue weighted by atomic mass is 10.2. The van der Waals surface area contributed by atoms with Crippen LogP contribution in [0.2, 0.25) is 0 Å². The molecule has 3 rings (SSSR count). The molecule has 3 aromatic rings. The predicted molar refractivity (Wildman–Crippen MR) is 75.3 cm³/mol. The number of para-hydroxylation sites is 1. The van der Waals surface area contributed by atoms with Crippen molar-refractivity contribution < 1.29 is 8.78 Å². The van der Waals surface area contributed by atoms with Gasteiger partial charge in [-0.25, -0.2) is 13.8 Å². The maximum atomic E-state index is 14.0. The Morgan fingerprint density at radius 2 is 1.85 bits per heavy atom. The molecule has 102 valence electrons. The Kier molecular flexibility index (Phi) is 3.18. The number of benzene rings is 2. The number of hydrogen-bond acceptors (Lipinski definition) is 1. The predicted octanol–water partition coefficient (Wildman–Crippen LogP) is 4.35. The van der Waals surface area contributed by atoms with Crippen LogP contribution in [-0.4, -0.2) is 9.55 Å². The van der Waals surface area contributed by atoms with Crippen LogP contribution in [0.15, 0.2) is 36.4 Å². The first-order valence-corrected chi connectivity index (χ1v) is 6.63. The third kappa shape index (κ3) is 1.96. The Hall–Kier alpha value is -1.94. The van der Waals surface area contributed by atoms with E-state index in [-0.39, 0.29) is 11.6 Å². The molecule has 1 aromatic heterocycles. The summed E-state index contributed by atoms with van der Waals surface area (Å²) in [5, 5.41) is 0. The molecule has 0 atom stereocenters. The normalized spacial score (nSPS) is 11.2. The minimum atomic E-state index is -0.642. The zero-order valence-corrected chi connectivity index (χ0v) is 11.5. The van der Waals surface area contributed by atoms with Crippen LogP contribution in [-0.2, 0) is 5.88 Å². The summed E-state index contributed by atoms with van der Waals surface area (Å²) in [4.78, 5) is 4.33. The molecular weight excluding hydrogens is 282 g/mol. The molecule has 5 heteroatoms. The van der Waals surface area contributed by atoms with E-state index in [1.807, 2.05) is 25.1 Å². The summed E-state index contributed by atoms with van der Waals surface area (Å²) in [5.41, 5.74) is 2.14. The summed E-state index contributed by atoms with van der Waals surface area (Å²) in [7, 11) is 0. The van der Waals surface area contributed by atoms with Crippen molar-refractivity contribution in [1.82, 2.24) is 9.55 Å². The number of aromatic nitrogens is 2. The van der Waals surface area contributed by atoms with Gasteiger partial charge in [0.2, 0.25) is 0 Å². The molecule has 0 saturated heterocycles. The fourth-order valence-electron chi connectivity index (χ4n) is 2.28. The van der Waals surface area contributed by atoms with Crippen molar-refractivity contribution in [1.29, 1.82) is 0 Å². The molecule has 0 aliphatic rings. The van der Waals surface area contributed by atoms with Gasteiger partial charge in [-0.2, -0.15) is 0 Å². The van der Waals surface area contributed by atoms with Crippen LogP contribution in [0, 0.1) is 18.6 Å². The first-order chi connectivity index (χ1) is 9.61. The van der Waals surface area contributed by atoms with Crippen LogP contribution in [0.25, 0.3) is 16.7 Å². The number of fused-ring (bicyclic) bond motifs is 1. The second-order valence-electron chi connectivity index (χ2n) is 4.56. The van der Waals surface area contributed by atoms with E-state index in [0.29, 0.717) is 16.9 Å². The summed E-state index contributed by atoms with van der Waals surface area (Å²) in [6.07, 6.45) is 0. The van der Waals surface area contributed by atoms with E-state index < -0.39 is 11.6 Å². The van der Waals surface area contributed by atoms with Crippen LogP contribution >= 0.6 is 11.6 Å². The minimum absolute atomic E-state index is 0.0709. The quantitative estimate of drug-likeness (QED) is 0.642. The highest BCUT2D eigenvalue weighted by molar-refractivity contribution is 6.17. The number of aryl methyl sites for hydroxylation is 1.